The fourth-order valence-electron chi connectivity index (χ4n) is 3.26. The number of aryl methyl sites for hydroxylation is 2. The molecule has 5 nitrogen and oxygen atoms in total. The van der Waals surface area contributed by atoms with Crippen LogP contribution < -0.4 is 5.32 Å². The minimum Gasteiger partial charge on any atom is -0.302 e. The molecule has 168 valence electrons. The van der Waals surface area contributed by atoms with Crippen LogP contribution in [0.15, 0.2) is 59.6 Å². The fourth-order valence-corrected chi connectivity index (χ4v) is 5.43. The smallest absolute Gasteiger partial charge is 0.266 e. The summed E-state index contributed by atoms with van der Waals surface area (Å²) in [5.74, 6) is -0.351. The third-order valence-corrected chi connectivity index (χ3v) is 7.40. The van der Waals surface area contributed by atoms with E-state index in [4.69, 9.17) is 12.2 Å². The summed E-state index contributed by atoms with van der Waals surface area (Å²) in [6.07, 6.45) is 4.55. The Kier molecular flexibility index (Phi) is 7.37. The molecule has 0 bridgehead atoms. The van der Waals surface area contributed by atoms with E-state index in [1.165, 1.54) is 39.1 Å². The van der Waals surface area contributed by atoms with Crippen LogP contribution in [0.25, 0.3) is 6.08 Å². The van der Waals surface area contributed by atoms with Gasteiger partial charge in [0.15, 0.2) is 5.13 Å². The van der Waals surface area contributed by atoms with Gasteiger partial charge in [0.2, 0.25) is 5.91 Å². The molecule has 0 unspecified atom stereocenters. The molecule has 1 aliphatic rings. The topological polar surface area (TPSA) is 62.3 Å². The van der Waals surface area contributed by atoms with Crippen molar-refractivity contribution < 1.29 is 9.59 Å². The fraction of sp³-hybridized carbons (Fsp3) is 0.200. The number of benzene rings is 2. The molecule has 1 saturated heterocycles. The number of thiocarbonyl (C=S) groups is 1. The molecule has 1 fully saturated rings. The van der Waals surface area contributed by atoms with Crippen molar-refractivity contribution in [2.45, 2.75) is 26.7 Å². The van der Waals surface area contributed by atoms with E-state index in [1.54, 1.807) is 6.20 Å². The molecule has 0 radical (unpaired) electrons. The van der Waals surface area contributed by atoms with Crippen LogP contribution >= 0.6 is 35.3 Å². The predicted molar refractivity (Wildman–Crippen MR) is 140 cm³/mol. The Hall–Kier alpha value is -2.81. The van der Waals surface area contributed by atoms with E-state index >= 15 is 0 Å². The van der Waals surface area contributed by atoms with Crippen molar-refractivity contribution in [3.05, 3.63) is 86.8 Å². The van der Waals surface area contributed by atoms with Crippen LogP contribution in [0, 0.1) is 13.8 Å². The minimum atomic E-state index is -0.192. The lowest BCUT2D eigenvalue weighted by molar-refractivity contribution is -0.122. The number of nitrogens with one attached hydrogen (secondary N) is 1. The van der Waals surface area contributed by atoms with Crippen LogP contribution in [0.3, 0.4) is 0 Å². The highest BCUT2D eigenvalue weighted by molar-refractivity contribution is 8.26. The van der Waals surface area contributed by atoms with E-state index < -0.39 is 0 Å². The van der Waals surface area contributed by atoms with Gasteiger partial charge in [-0.25, -0.2) is 4.98 Å². The molecular weight excluding hydrogens is 470 g/mol. The third kappa shape index (κ3) is 6.16. The first kappa shape index (κ1) is 23.4. The molecule has 1 N–H and O–H groups in total. The van der Waals surface area contributed by atoms with E-state index in [0.29, 0.717) is 14.4 Å². The SMILES string of the molecule is Cc1ccc(/C=C2/SC(=S)N(CCC(=O)Nc3ncc(Cc4ccc(C)cc4)s3)C2=O)cc1. The molecule has 3 aromatic rings. The number of carbonyl (C=O) groups excluding carboxylic acids is 2. The van der Waals surface area contributed by atoms with Crippen molar-refractivity contribution in [2.24, 2.45) is 0 Å². The zero-order valence-electron chi connectivity index (χ0n) is 18.3. The number of nitrogens with zero attached hydrogens (tertiary/aromatic N) is 2. The molecule has 33 heavy (non-hydrogen) atoms. The van der Waals surface area contributed by atoms with Crippen LogP contribution in [0.4, 0.5) is 5.13 Å². The van der Waals surface area contributed by atoms with Gasteiger partial charge in [0.05, 0.1) is 4.91 Å². The summed E-state index contributed by atoms with van der Waals surface area (Å²) in [4.78, 5) is 32.7. The Labute approximate surface area is 206 Å². The highest BCUT2D eigenvalue weighted by Crippen LogP contribution is 2.32. The lowest BCUT2D eigenvalue weighted by Gasteiger charge is -2.13. The van der Waals surface area contributed by atoms with Crippen LogP contribution in [-0.2, 0) is 16.0 Å². The first-order valence-electron chi connectivity index (χ1n) is 10.5. The molecular formula is C25H23N3O2S3. The lowest BCUT2D eigenvalue weighted by atomic mass is 10.1. The Bertz CT molecular complexity index is 1210. The minimum absolute atomic E-state index is 0.150. The number of rotatable bonds is 7. The summed E-state index contributed by atoms with van der Waals surface area (Å²) in [5.41, 5.74) is 4.54. The number of aromatic nitrogens is 1. The van der Waals surface area contributed by atoms with Gasteiger partial charge in [0.25, 0.3) is 5.91 Å². The van der Waals surface area contributed by atoms with Crippen LogP contribution in [0.5, 0.6) is 0 Å². The van der Waals surface area contributed by atoms with Crippen molar-refractivity contribution in [3.63, 3.8) is 0 Å². The second-order valence-electron chi connectivity index (χ2n) is 7.84. The van der Waals surface area contributed by atoms with Gasteiger partial charge < -0.3 is 5.32 Å². The summed E-state index contributed by atoms with van der Waals surface area (Å²) in [5, 5.41) is 3.39. The Morgan fingerprint density at radius 2 is 1.76 bits per heavy atom. The zero-order valence-corrected chi connectivity index (χ0v) is 20.8. The van der Waals surface area contributed by atoms with Crippen molar-refractivity contribution in [3.8, 4) is 0 Å². The molecule has 4 rings (SSSR count). The summed E-state index contributed by atoms with van der Waals surface area (Å²) in [7, 11) is 0. The van der Waals surface area contributed by atoms with Gasteiger partial charge in [0.1, 0.15) is 4.32 Å². The molecule has 1 aromatic heterocycles. The van der Waals surface area contributed by atoms with E-state index in [1.807, 2.05) is 37.3 Å². The first-order valence-corrected chi connectivity index (χ1v) is 12.5. The first-order chi connectivity index (χ1) is 15.9. The maximum atomic E-state index is 12.8. The van der Waals surface area contributed by atoms with E-state index in [2.05, 4.69) is 41.5 Å². The Morgan fingerprint density at radius 1 is 1.09 bits per heavy atom. The third-order valence-electron chi connectivity index (χ3n) is 5.11. The van der Waals surface area contributed by atoms with Crippen molar-refractivity contribution in [1.29, 1.82) is 0 Å². The van der Waals surface area contributed by atoms with E-state index in [0.717, 1.165) is 22.4 Å². The maximum absolute atomic E-state index is 12.8. The van der Waals surface area contributed by atoms with Gasteiger partial charge in [-0.1, -0.05) is 83.6 Å². The number of amides is 2. The predicted octanol–water partition coefficient (Wildman–Crippen LogP) is 5.58. The summed E-state index contributed by atoms with van der Waals surface area (Å²) in [6, 6.07) is 16.3. The van der Waals surface area contributed by atoms with Gasteiger partial charge in [-0.05, 0) is 31.1 Å². The van der Waals surface area contributed by atoms with Gasteiger partial charge in [-0.2, -0.15) is 0 Å². The van der Waals surface area contributed by atoms with Gasteiger partial charge in [-0.3, -0.25) is 14.5 Å². The average molecular weight is 494 g/mol. The standard InChI is InChI=1S/C25H23N3O2S3/c1-16-3-7-18(8-4-16)13-20-15-26-24(32-20)27-22(29)11-12-28-23(30)21(33-25(28)31)14-19-9-5-17(2)6-10-19/h3-10,14-15H,11-13H2,1-2H3,(H,26,27,29)/b21-14+. The maximum Gasteiger partial charge on any atom is 0.266 e. The number of thiazole rings is 1. The van der Waals surface area contributed by atoms with Crippen molar-refractivity contribution in [2.75, 3.05) is 11.9 Å². The van der Waals surface area contributed by atoms with Crippen LogP contribution in [0.1, 0.15) is 33.6 Å². The van der Waals surface area contributed by atoms with E-state index in [-0.39, 0.29) is 24.8 Å². The second-order valence-corrected chi connectivity index (χ2v) is 10.6. The Morgan fingerprint density at radius 3 is 2.45 bits per heavy atom. The summed E-state index contributed by atoms with van der Waals surface area (Å²) in [6.45, 7) is 4.32. The molecule has 1 aliphatic heterocycles. The zero-order chi connectivity index (χ0) is 23.4. The largest absolute Gasteiger partial charge is 0.302 e. The lowest BCUT2D eigenvalue weighted by Crippen LogP contribution is -2.31. The average Bonchev–Trinajstić information content (AvgIpc) is 3.33. The number of hydrogen-bond acceptors (Lipinski definition) is 6. The van der Waals surface area contributed by atoms with Gasteiger partial charge in [0, 0.05) is 30.5 Å². The highest BCUT2D eigenvalue weighted by atomic mass is 32.2. The summed E-state index contributed by atoms with van der Waals surface area (Å²) < 4.78 is 0.473. The van der Waals surface area contributed by atoms with Crippen LogP contribution in [-0.4, -0.2) is 32.6 Å². The number of carbonyl (C=O) groups is 2. The molecule has 2 amide bonds. The molecule has 0 atom stereocenters. The number of thioether (sulfide) groups is 1. The molecule has 0 aliphatic carbocycles. The quantitative estimate of drug-likeness (QED) is 0.344. The molecule has 2 heterocycles. The van der Waals surface area contributed by atoms with Crippen LogP contribution in [0.2, 0.25) is 0 Å². The molecule has 2 aromatic carbocycles. The monoisotopic (exact) mass is 493 g/mol. The number of hydrogen-bond donors (Lipinski definition) is 1. The molecule has 0 saturated carbocycles. The van der Waals surface area contributed by atoms with Crippen molar-refractivity contribution >= 4 is 62.7 Å². The van der Waals surface area contributed by atoms with Gasteiger partial charge in [-0.15, -0.1) is 11.3 Å². The van der Waals surface area contributed by atoms with Gasteiger partial charge >= 0.3 is 0 Å². The Balaban J connectivity index is 1.30. The highest BCUT2D eigenvalue weighted by Gasteiger charge is 2.32. The normalized spacial score (nSPS) is 14.8. The number of anilines is 1. The van der Waals surface area contributed by atoms with E-state index in [9.17, 15) is 9.59 Å². The second kappa shape index (κ2) is 10.4. The molecule has 0 spiro atoms. The molecule has 8 heteroatoms. The summed E-state index contributed by atoms with van der Waals surface area (Å²) >= 11 is 8.10. The van der Waals surface area contributed by atoms with Crippen molar-refractivity contribution in [1.82, 2.24) is 9.88 Å².